The zero-order chi connectivity index (χ0) is 33.7. The summed E-state index contributed by atoms with van der Waals surface area (Å²) < 4.78 is 23.0. The smallest absolute Gasteiger partial charge is 0.268 e. The number of hydrogen-bond acceptors (Lipinski definition) is 6. The monoisotopic (exact) mass is 659 g/mol. The van der Waals surface area contributed by atoms with Gasteiger partial charge in [-0.15, -0.1) is 0 Å². The lowest BCUT2D eigenvalue weighted by Gasteiger charge is -2.29. The van der Waals surface area contributed by atoms with E-state index in [0.29, 0.717) is 17.4 Å². The molecule has 0 rings (SSSR count). The van der Waals surface area contributed by atoms with Crippen LogP contribution in [0.15, 0.2) is 24.3 Å². The number of nitrogens with one attached hydrogen (secondary N) is 1. The quantitative estimate of drug-likeness (QED) is 0.0325. The molecule has 0 aromatic heterocycles. The molecule has 2 N–H and O–H groups in total. The summed E-state index contributed by atoms with van der Waals surface area (Å²) in [5, 5.41) is 13.6. The van der Waals surface area contributed by atoms with E-state index in [4.69, 9.17) is 9.05 Å². The maximum atomic E-state index is 12.7. The zero-order valence-electron chi connectivity index (χ0n) is 29.8. The van der Waals surface area contributed by atoms with Crippen molar-refractivity contribution >= 4 is 13.7 Å². The standard InChI is InChI=1S/C36H71N2O6P/c1-6-8-10-12-14-16-17-18-19-20-22-24-26-28-30-36(40)37-34(33-44-45(41,42)43-32-31-38(3,4)5)35(39)29-27-25-23-21-15-13-11-9-7-2/h23,25,27,29,34-35,39H,6-22,24,26,28,30-33H2,1-5H3,(H-,37,40,41,42)/b25-23+,29-27+/t34-,35+/m0/s1. The SMILES string of the molecule is CCCCCCC/C=C/C=C/[C@@H](O)[C@H](COP(=O)([O-])OCC[N+](C)(C)C)NC(=O)CCCCCCCCCCCCCCCC. The van der Waals surface area contributed by atoms with Crippen LogP contribution in [0.3, 0.4) is 0 Å². The number of nitrogens with zero attached hydrogens (tertiary/aromatic N) is 1. The lowest BCUT2D eigenvalue weighted by molar-refractivity contribution is -0.870. The first kappa shape index (κ1) is 44.0. The fourth-order valence-electron chi connectivity index (χ4n) is 4.97. The second kappa shape index (κ2) is 29.1. The number of quaternary nitrogens is 1. The number of phosphoric ester groups is 1. The molecule has 3 atom stereocenters. The lowest BCUT2D eigenvalue weighted by atomic mass is 10.0. The van der Waals surface area contributed by atoms with E-state index in [0.717, 1.165) is 32.1 Å². The highest BCUT2D eigenvalue weighted by Crippen LogP contribution is 2.38. The molecule has 0 saturated heterocycles. The number of hydrogen-bond donors (Lipinski definition) is 2. The van der Waals surface area contributed by atoms with E-state index in [1.807, 2.05) is 27.2 Å². The summed E-state index contributed by atoms with van der Waals surface area (Å²) in [6, 6.07) is -0.910. The molecule has 0 spiro atoms. The second-order valence-electron chi connectivity index (χ2n) is 13.6. The Labute approximate surface area is 277 Å². The van der Waals surface area contributed by atoms with Crippen LogP contribution in [0.25, 0.3) is 0 Å². The fraction of sp³-hybridized carbons (Fsp3) is 0.861. The van der Waals surface area contributed by atoms with E-state index in [1.54, 1.807) is 12.2 Å². The summed E-state index contributed by atoms with van der Waals surface area (Å²) in [5.74, 6) is -0.218. The Bertz CT molecular complexity index is 799. The van der Waals surface area contributed by atoms with Crippen molar-refractivity contribution in [3.05, 3.63) is 24.3 Å². The third kappa shape index (κ3) is 31.4. The molecule has 0 aliphatic carbocycles. The minimum absolute atomic E-state index is 0.00781. The fourth-order valence-corrected chi connectivity index (χ4v) is 5.70. The first-order chi connectivity index (χ1) is 21.5. The van der Waals surface area contributed by atoms with E-state index in [2.05, 4.69) is 25.2 Å². The molecule has 0 bridgehead atoms. The highest BCUT2D eigenvalue weighted by Gasteiger charge is 2.23. The number of allylic oxidation sites excluding steroid dienone is 3. The molecule has 0 fully saturated rings. The predicted molar refractivity (Wildman–Crippen MR) is 187 cm³/mol. The van der Waals surface area contributed by atoms with Crippen molar-refractivity contribution in [2.75, 3.05) is 40.9 Å². The summed E-state index contributed by atoms with van der Waals surface area (Å²) in [4.78, 5) is 25.0. The van der Waals surface area contributed by atoms with Gasteiger partial charge in [-0.3, -0.25) is 9.36 Å². The highest BCUT2D eigenvalue weighted by molar-refractivity contribution is 7.45. The van der Waals surface area contributed by atoms with Crippen molar-refractivity contribution in [2.45, 2.75) is 161 Å². The molecule has 0 radical (unpaired) electrons. The minimum atomic E-state index is -4.58. The summed E-state index contributed by atoms with van der Waals surface area (Å²) in [7, 11) is 1.23. The molecule has 45 heavy (non-hydrogen) atoms. The second-order valence-corrected chi connectivity index (χ2v) is 15.0. The molecule has 0 saturated carbocycles. The number of likely N-dealkylation sites (N-methyl/N-ethyl adjacent to an activating group) is 1. The minimum Gasteiger partial charge on any atom is -0.756 e. The van der Waals surface area contributed by atoms with E-state index in [-0.39, 0.29) is 12.5 Å². The van der Waals surface area contributed by atoms with Crippen LogP contribution in [0.1, 0.15) is 149 Å². The Morgan fingerprint density at radius 3 is 1.78 bits per heavy atom. The van der Waals surface area contributed by atoms with Gasteiger partial charge in [-0.1, -0.05) is 147 Å². The molecular formula is C36H71N2O6P. The van der Waals surface area contributed by atoms with Gasteiger partial charge >= 0.3 is 0 Å². The number of amides is 1. The van der Waals surface area contributed by atoms with E-state index >= 15 is 0 Å². The zero-order valence-corrected chi connectivity index (χ0v) is 30.7. The predicted octanol–water partition coefficient (Wildman–Crippen LogP) is 8.38. The van der Waals surface area contributed by atoms with Crippen LogP contribution < -0.4 is 10.2 Å². The number of rotatable bonds is 32. The number of carbonyl (C=O) groups excluding carboxylic acids is 1. The van der Waals surface area contributed by atoms with Gasteiger partial charge in [-0.2, -0.15) is 0 Å². The van der Waals surface area contributed by atoms with Gasteiger partial charge in [0.2, 0.25) is 5.91 Å². The summed E-state index contributed by atoms with van der Waals surface area (Å²) >= 11 is 0. The van der Waals surface area contributed by atoms with Crippen LogP contribution in [0.4, 0.5) is 0 Å². The van der Waals surface area contributed by atoms with Gasteiger partial charge in [0.1, 0.15) is 13.2 Å². The lowest BCUT2D eigenvalue weighted by Crippen LogP contribution is -2.45. The highest BCUT2D eigenvalue weighted by atomic mass is 31.2. The molecule has 8 nitrogen and oxygen atoms in total. The molecule has 0 heterocycles. The molecule has 1 unspecified atom stereocenters. The van der Waals surface area contributed by atoms with Crippen LogP contribution in [-0.2, 0) is 18.4 Å². The number of aliphatic hydroxyl groups excluding tert-OH is 1. The van der Waals surface area contributed by atoms with Crippen LogP contribution in [0.5, 0.6) is 0 Å². The summed E-state index contributed by atoms with van der Waals surface area (Å²) in [5.41, 5.74) is 0. The van der Waals surface area contributed by atoms with Gasteiger partial charge in [0.25, 0.3) is 7.82 Å². The van der Waals surface area contributed by atoms with Gasteiger partial charge in [0.15, 0.2) is 0 Å². The van der Waals surface area contributed by atoms with Crippen molar-refractivity contribution in [3.8, 4) is 0 Å². The van der Waals surface area contributed by atoms with Crippen molar-refractivity contribution in [1.82, 2.24) is 5.32 Å². The number of aliphatic hydroxyl groups is 1. The Balaban J connectivity index is 4.55. The van der Waals surface area contributed by atoms with Gasteiger partial charge in [0, 0.05) is 6.42 Å². The molecular weight excluding hydrogens is 587 g/mol. The molecule has 0 aliphatic rings. The normalized spacial score (nSPS) is 15.1. The number of unbranched alkanes of at least 4 members (excludes halogenated alkanes) is 18. The van der Waals surface area contributed by atoms with Crippen molar-refractivity contribution in [2.24, 2.45) is 0 Å². The van der Waals surface area contributed by atoms with Crippen molar-refractivity contribution in [1.29, 1.82) is 0 Å². The van der Waals surface area contributed by atoms with E-state index in [1.165, 1.54) is 96.3 Å². The maximum absolute atomic E-state index is 12.7. The van der Waals surface area contributed by atoms with E-state index < -0.39 is 26.6 Å². The third-order valence-electron chi connectivity index (χ3n) is 7.97. The summed E-state index contributed by atoms with van der Waals surface area (Å²) in [6.07, 6.45) is 30.9. The molecule has 266 valence electrons. The average Bonchev–Trinajstić information content (AvgIpc) is 2.97. The van der Waals surface area contributed by atoms with Crippen LogP contribution in [-0.4, -0.2) is 68.5 Å². The number of phosphoric acid groups is 1. The Kier molecular flexibility index (Phi) is 28.5. The Morgan fingerprint density at radius 1 is 0.778 bits per heavy atom. The first-order valence-corrected chi connectivity index (χ1v) is 19.7. The maximum Gasteiger partial charge on any atom is 0.268 e. The topological polar surface area (TPSA) is 108 Å². The molecule has 9 heteroatoms. The van der Waals surface area contributed by atoms with Crippen molar-refractivity contribution < 1.29 is 32.9 Å². The van der Waals surface area contributed by atoms with Gasteiger partial charge < -0.3 is 28.8 Å². The average molecular weight is 659 g/mol. The van der Waals surface area contributed by atoms with Crippen LogP contribution in [0, 0.1) is 0 Å². The van der Waals surface area contributed by atoms with Crippen molar-refractivity contribution in [3.63, 3.8) is 0 Å². The van der Waals surface area contributed by atoms with Gasteiger partial charge in [0.05, 0.1) is 39.9 Å². The van der Waals surface area contributed by atoms with E-state index in [9.17, 15) is 19.4 Å². The third-order valence-corrected chi connectivity index (χ3v) is 8.93. The Morgan fingerprint density at radius 2 is 1.27 bits per heavy atom. The van der Waals surface area contributed by atoms with Gasteiger partial charge in [-0.25, -0.2) is 0 Å². The summed E-state index contributed by atoms with van der Waals surface area (Å²) in [6.45, 7) is 4.54. The van der Waals surface area contributed by atoms with Crippen LogP contribution in [0.2, 0.25) is 0 Å². The molecule has 1 amide bonds. The largest absolute Gasteiger partial charge is 0.756 e. The number of carbonyl (C=O) groups is 1. The molecule has 0 aromatic rings. The first-order valence-electron chi connectivity index (χ1n) is 18.2. The van der Waals surface area contributed by atoms with Gasteiger partial charge in [-0.05, 0) is 19.3 Å². The Hall–Kier alpha value is -1.02. The van der Waals surface area contributed by atoms with Crippen LogP contribution >= 0.6 is 7.82 Å². The molecule has 0 aliphatic heterocycles. The molecule has 0 aromatic carbocycles.